The highest BCUT2D eigenvalue weighted by Crippen LogP contribution is 2.33. The first-order chi connectivity index (χ1) is 13.4. The lowest BCUT2D eigenvalue weighted by atomic mass is 10.2. The van der Waals surface area contributed by atoms with Crippen LogP contribution in [0.15, 0.2) is 47.0 Å². The van der Waals surface area contributed by atoms with Crippen LogP contribution in [0.4, 0.5) is 5.69 Å². The average molecular weight is 403 g/mol. The van der Waals surface area contributed by atoms with E-state index in [1.165, 1.54) is 0 Å². The number of nitrogens with zero attached hydrogens (tertiary/aromatic N) is 2. The maximum absolute atomic E-state index is 11.3. The SMILES string of the molecule is CCOc1ccc(-c2nc(-c3ccc(NS(C)(=O)=O)cc3)no2)cc1OCC. The van der Waals surface area contributed by atoms with E-state index in [0.717, 1.165) is 6.26 Å². The van der Waals surface area contributed by atoms with Crippen LogP contribution in [0.5, 0.6) is 11.5 Å². The fourth-order valence-corrected chi connectivity index (χ4v) is 3.11. The van der Waals surface area contributed by atoms with Gasteiger partial charge >= 0.3 is 0 Å². The molecule has 3 rings (SSSR count). The Kier molecular flexibility index (Phi) is 5.84. The van der Waals surface area contributed by atoms with Crippen LogP contribution >= 0.6 is 0 Å². The van der Waals surface area contributed by atoms with Crippen LogP contribution < -0.4 is 14.2 Å². The molecule has 0 fully saturated rings. The molecule has 8 nitrogen and oxygen atoms in total. The summed E-state index contributed by atoms with van der Waals surface area (Å²) in [4.78, 5) is 4.42. The Labute approximate surface area is 163 Å². The zero-order chi connectivity index (χ0) is 20.1. The Morgan fingerprint density at radius 3 is 2.25 bits per heavy atom. The third kappa shape index (κ3) is 4.80. The summed E-state index contributed by atoms with van der Waals surface area (Å²) >= 11 is 0. The summed E-state index contributed by atoms with van der Waals surface area (Å²) < 4.78 is 41.5. The molecule has 9 heteroatoms. The molecule has 0 bridgehead atoms. The first kappa shape index (κ1) is 19.7. The van der Waals surface area contributed by atoms with Crippen LogP contribution in [0.3, 0.4) is 0 Å². The predicted molar refractivity (Wildman–Crippen MR) is 106 cm³/mol. The number of hydrogen-bond donors (Lipinski definition) is 1. The van der Waals surface area contributed by atoms with E-state index in [9.17, 15) is 8.42 Å². The van der Waals surface area contributed by atoms with Gasteiger partial charge in [-0.1, -0.05) is 5.16 Å². The number of benzene rings is 2. The lowest BCUT2D eigenvalue weighted by molar-refractivity contribution is 0.288. The zero-order valence-corrected chi connectivity index (χ0v) is 16.6. The van der Waals surface area contributed by atoms with E-state index >= 15 is 0 Å². The monoisotopic (exact) mass is 403 g/mol. The molecule has 0 atom stereocenters. The number of ether oxygens (including phenoxy) is 2. The topological polar surface area (TPSA) is 104 Å². The Hall–Kier alpha value is -3.07. The summed E-state index contributed by atoms with van der Waals surface area (Å²) in [6.45, 7) is 4.85. The molecule has 0 radical (unpaired) electrons. The Morgan fingerprint density at radius 1 is 0.964 bits per heavy atom. The van der Waals surface area contributed by atoms with Gasteiger partial charge in [-0.15, -0.1) is 0 Å². The molecule has 3 aromatic rings. The van der Waals surface area contributed by atoms with Crippen molar-refractivity contribution < 1.29 is 22.4 Å². The summed E-state index contributed by atoms with van der Waals surface area (Å²) in [5.74, 6) is 2.00. The first-order valence-corrected chi connectivity index (χ1v) is 10.6. The van der Waals surface area contributed by atoms with Gasteiger partial charge in [0, 0.05) is 16.8 Å². The maximum Gasteiger partial charge on any atom is 0.258 e. The van der Waals surface area contributed by atoms with Crippen LogP contribution in [-0.4, -0.2) is 38.0 Å². The summed E-state index contributed by atoms with van der Waals surface area (Å²) in [5.41, 5.74) is 1.87. The summed E-state index contributed by atoms with van der Waals surface area (Å²) in [6, 6.07) is 12.1. The van der Waals surface area contributed by atoms with Crippen molar-refractivity contribution in [3.05, 3.63) is 42.5 Å². The molecule has 1 aromatic heterocycles. The lowest BCUT2D eigenvalue weighted by Gasteiger charge is -2.11. The number of anilines is 1. The fraction of sp³-hybridized carbons (Fsp3) is 0.263. The van der Waals surface area contributed by atoms with Crippen molar-refractivity contribution in [3.8, 4) is 34.3 Å². The molecule has 1 N–H and O–H groups in total. The number of nitrogens with one attached hydrogen (secondary N) is 1. The van der Waals surface area contributed by atoms with Gasteiger partial charge in [-0.25, -0.2) is 8.42 Å². The van der Waals surface area contributed by atoms with Crippen molar-refractivity contribution in [2.24, 2.45) is 0 Å². The van der Waals surface area contributed by atoms with Crippen LogP contribution in [0.25, 0.3) is 22.8 Å². The predicted octanol–water partition coefficient (Wildman–Crippen LogP) is 3.57. The molecule has 0 aliphatic rings. The Bertz CT molecular complexity index is 1050. The van der Waals surface area contributed by atoms with Crippen molar-refractivity contribution in [1.29, 1.82) is 0 Å². The molecule has 2 aromatic carbocycles. The number of rotatable bonds is 8. The van der Waals surface area contributed by atoms with Gasteiger partial charge in [-0.05, 0) is 56.3 Å². The van der Waals surface area contributed by atoms with Crippen molar-refractivity contribution in [3.63, 3.8) is 0 Å². The molecule has 0 amide bonds. The highest BCUT2D eigenvalue weighted by atomic mass is 32.2. The van der Waals surface area contributed by atoms with Gasteiger partial charge in [0.15, 0.2) is 11.5 Å². The van der Waals surface area contributed by atoms with Crippen molar-refractivity contribution in [2.75, 3.05) is 24.2 Å². The average Bonchev–Trinajstić information content (AvgIpc) is 3.13. The van der Waals surface area contributed by atoms with E-state index in [1.54, 1.807) is 36.4 Å². The molecule has 0 aliphatic carbocycles. The molecular weight excluding hydrogens is 382 g/mol. The van der Waals surface area contributed by atoms with Crippen LogP contribution in [0.1, 0.15) is 13.8 Å². The molecule has 0 spiro atoms. The second-order valence-corrected chi connectivity index (χ2v) is 7.65. The number of aromatic nitrogens is 2. The summed E-state index contributed by atoms with van der Waals surface area (Å²) in [6.07, 6.45) is 1.10. The van der Waals surface area contributed by atoms with Crippen LogP contribution in [0, 0.1) is 0 Å². The molecule has 0 aliphatic heterocycles. The van der Waals surface area contributed by atoms with Gasteiger partial charge in [0.05, 0.1) is 19.5 Å². The fourth-order valence-electron chi connectivity index (χ4n) is 2.54. The quantitative estimate of drug-likeness (QED) is 0.613. The van der Waals surface area contributed by atoms with Crippen LogP contribution in [-0.2, 0) is 10.0 Å². The van der Waals surface area contributed by atoms with E-state index in [4.69, 9.17) is 14.0 Å². The van der Waals surface area contributed by atoms with Crippen molar-refractivity contribution in [1.82, 2.24) is 10.1 Å². The third-order valence-corrected chi connectivity index (χ3v) is 4.27. The number of sulfonamides is 1. The van der Waals surface area contributed by atoms with Crippen molar-refractivity contribution in [2.45, 2.75) is 13.8 Å². The maximum atomic E-state index is 11.3. The van der Waals surface area contributed by atoms with Gasteiger partial charge in [-0.2, -0.15) is 4.98 Å². The largest absolute Gasteiger partial charge is 0.490 e. The van der Waals surface area contributed by atoms with Gasteiger partial charge in [0.2, 0.25) is 15.8 Å². The Morgan fingerprint density at radius 2 is 1.61 bits per heavy atom. The zero-order valence-electron chi connectivity index (χ0n) is 15.8. The standard InChI is InChI=1S/C19H21N3O5S/c1-4-25-16-11-8-14(12-17(16)26-5-2)19-20-18(21-27-19)13-6-9-15(10-7-13)22-28(3,23)24/h6-12,22H,4-5H2,1-3H3. The Balaban J connectivity index is 1.85. The molecule has 28 heavy (non-hydrogen) atoms. The molecule has 0 saturated carbocycles. The second-order valence-electron chi connectivity index (χ2n) is 5.90. The lowest BCUT2D eigenvalue weighted by Crippen LogP contribution is -2.09. The van der Waals surface area contributed by atoms with E-state index in [2.05, 4.69) is 14.9 Å². The number of hydrogen-bond acceptors (Lipinski definition) is 7. The molecule has 0 unspecified atom stereocenters. The van der Waals surface area contributed by atoms with E-state index in [0.29, 0.717) is 53.2 Å². The van der Waals surface area contributed by atoms with E-state index in [-0.39, 0.29) is 0 Å². The highest BCUT2D eigenvalue weighted by molar-refractivity contribution is 7.92. The minimum absolute atomic E-state index is 0.345. The molecular formula is C19H21N3O5S. The summed E-state index contributed by atoms with van der Waals surface area (Å²) in [5, 5.41) is 4.00. The minimum Gasteiger partial charge on any atom is -0.490 e. The van der Waals surface area contributed by atoms with Gasteiger partial charge in [0.1, 0.15) is 0 Å². The highest BCUT2D eigenvalue weighted by Gasteiger charge is 2.14. The van der Waals surface area contributed by atoms with E-state index in [1.807, 2.05) is 19.9 Å². The molecule has 1 heterocycles. The normalized spacial score (nSPS) is 11.2. The second kappa shape index (κ2) is 8.30. The third-order valence-electron chi connectivity index (χ3n) is 3.66. The first-order valence-electron chi connectivity index (χ1n) is 8.71. The minimum atomic E-state index is -3.33. The van der Waals surface area contributed by atoms with Crippen molar-refractivity contribution >= 4 is 15.7 Å². The molecule has 148 valence electrons. The van der Waals surface area contributed by atoms with Gasteiger partial charge in [-0.3, -0.25) is 4.72 Å². The summed E-state index contributed by atoms with van der Waals surface area (Å²) in [7, 11) is -3.33. The van der Waals surface area contributed by atoms with Gasteiger partial charge < -0.3 is 14.0 Å². The smallest absolute Gasteiger partial charge is 0.258 e. The van der Waals surface area contributed by atoms with Crippen LogP contribution in [0.2, 0.25) is 0 Å². The van der Waals surface area contributed by atoms with Gasteiger partial charge in [0.25, 0.3) is 5.89 Å². The van der Waals surface area contributed by atoms with E-state index < -0.39 is 10.0 Å². The molecule has 0 saturated heterocycles.